The summed E-state index contributed by atoms with van der Waals surface area (Å²) in [5.74, 6) is 0.768. The molecular weight excluding hydrogens is 316 g/mol. The molecule has 0 fully saturated rings. The third-order valence-electron chi connectivity index (χ3n) is 3.25. The lowest BCUT2D eigenvalue weighted by atomic mass is 10.2. The SMILES string of the molecule is CCNC(=NCc1cccc(OC(F)F)c1)NCc1ccnn1C. The van der Waals surface area contributed by atoms with E-state index < -0.39 is 6.61 Å². The van der Waals surface area contributed by atoms with Crippen LogP contribution < -0.4 is 15.4 Å². The number of benzene rings is 1. The van der Waals surface area contributed by atoms with Crippen LogP contribution in [0.5, 0.6) is 5.75 Å². The molecule has 0 unspecified atom stereocenters. The molecule has 0 saturated carbocycles. The zero-order valence-electron chi connectivity index (χ0n) is 13.7. The molecule has 0 atom stereocenters. The lowest BCUT2D eigenvalue weighted by Crippen LogP contribution is -2.37. The van der Waals surface area contributed by atoms with Crippen LogP contribution in [0.3, 0.4) is 0 Å². The molecule has 1 aromatic heterocycles. The highest BCUT2D eigenvalue weighted by Crippen LogP contribution is 2.16. The number of aromatic nitrogens is 2. The quantitative estimate of drug-likeness (QED) is 0.601. The fourth-order valence-corrected chi connectivity index (χ4v) is 2.08. The van der Waals surface area contributed by atoms with Crippen molar-refractivity contribution in [2.75, 3.05) is 6.54 Å². The van der Waals surface area contributed by atoms with Crippen molar-refractivity contribution < 1.29 is 13.5 Å². The zero-order chi connectivity index (χ0) is 17.4. The molecule has 2 N–H and O–H groups in total. The van der Waals surface area contributed by atoms with E-state index >= 15 is 0 Å². The van der Waals surface area contributed by atoms with Crippen LogP contribution in [0.4, 0.5) is 8.78 Å². The van der Waals surface area contributed by atoms with Gasteiger partial charge in [0.1, 0.15) is 5.75 Å². The third-order valence-corrected chi connectivity index (χ3v) is 3.25. The van der Waals surface area contributed by atoms with Gasteiger partial charge in [-0.25, -0.2) is 4.99 Å². The van der Waals surface area contributed by atoms with Gasteiger partial charge < -0.3 is 15.4 Å². The Morgan fingerprint density at radius 1 is 1.33 bits per heavy atom. The number of halogens is 2. The lowest BCUT2D eigenvalue weighted by Gasteiger charge is -2.11. The molecule has 1 aromatic carbocycles. The third kappa shape index (κ3) is 5.53. The Hall–Kier alpha value is -2.64. The molecule has 0 radical (unpaired) electrons. The van der Waals surface area contributed by atoms with Crippen molar-refractivity contribution in [1.82, 2.24) is 20.4 Å². The summed E-state index contributed by atoms with van der Waals surface area (Å²) in [7, 11) is 1.87. The predicted molar refractivity (Wildman–Crippen MR) is 87.9 cm³/mol. The Balaban J connectivity index is 1.98. The minimum absolute atomic E-state index is 0.130. The second kappa shape index (κ2) is 8.85. The summed E-state index contributed by atoms with van der Waals surface area (Å²) >= 11 is 0. The molecular formula is C16H21F2N5O. The second-order valence-electron chi connectivity index (χ2n) is 5.02. The Labute approximate surface area is 139 Å². The number of aryl methyl sites for hydroxylation is 1. The first-order valence-corrected chi connectivity index (χ1v) is 7.61. The molecule has 6 nitrogen and oxygen atoms in total. The van der Waals surface area contributed by atoms with E-state index in [4.69, 9.17) is 0 Å². The molecule has 0 spiro atoms. The van der Waals surface area contributed by atoms with Crippen molar-refractivity contribution in [3.05, 3.63) is 47.8 Å². The van der Waals surface area contributed by atoms with Crippen molar-refractivity contribution in [2.45, 2.75) is 26.6 Å². The Bertz CT molecular complexity index is 672. The summed E-state index contributed by atoms with van der Waals surface area (Å²) in [4.78, 5) is 4.45. The number of nitrogens with one attached hydrogen (secondary N) is 2. The molecule has 8 heteroatoms. The van der Waals surface area contributed by atoms with Crippen LogP contribution in [-0.4, -0.2) is 28.9 Å². The molecule has 0 aliphatic rings. The van der Waals surface area contributed by atoms with Crippen LogP contribution in [-0.2, 0) is 20.1 Å². The number of aliphatic imine (C=N–C) groups is 1. The smallest absolute Gasteiger partial charge is 0.387 e. The van der Waals surface area contributed by atoms with Crippen LogP contribution >= 0.6 is 0 Å². The van der Waals surface area contributed by atoms with E-state index in [2.05, 4.69) is 25.5 Å². The van der Waals surface area contributed by atoms with Crippen LogP contribution in [0.2, 0.25) is 0 Å². The summed E-state index contributed by atoms with van der Waals surface area (Å²) in [6.07, 6.45) is 1.73. The number of alkyl halides is 2. The normalized spacial score (nSPS) is 11.6. The maximum absolute atomic E-state index is 12.3. The molecule has 130 valence electrons. The first kappa shape index (κ1) is 17.7. The van der Waals surface area contributed by atoms with E-state index in [9.17, 15) is 8.78 Å². The van der Waals surface area contributed by atoms with E-state index in [1.807, 2.05) is 26.1 Å². The summed E-state index contributed by atoms with van der Waals surface area (Å²) < 4.78 is 30.7. The van der Waals surface area contributed by atoms with Gasteiger partial charge in [0, 0.05) is 19.8 Å². The zero-order valence-corrected chi connectivity index (χ0v) is 13.7. The van der Waals surface area contributed by atoms with E-state index in [0.717, 1.165) is 11.3 Å². The molecule has 0 bridgehead atoms. The fourth-order valence-electron chi connectivity index (χ4n) is 2.08. The van der Waals surface area contributed by atoms with Crippen molar-refractivity contribution in [2.24, 2.45) is 12.0 Å². The molecule has 0 aliphatic heterocycles. The van der Waals surface area contributed by atoms with Crippen LogP contribution in [0.25, 0.3) is 0 Å². The van der Waals surface area contributed by atoms with Gasteiger partial charge in [0.05, 0.1) is 18.8 Å². The minimum Gasteiger partial charge on any atom is -0.435 e. The maximum Gasteiger partial charge on any atom is 0.387 e. The highest BCUT2D eigenvalue weighted by molar-refractivity contribution is 5.79. The van der Waals surface area contributed by atoms with E-state index in [1.54, 1.807) is 23.0 Å². The van der Waals surface area contributed by atoms with Crippen molar-refractivity contribution >= 4 is 5.96 Å². The predicted octanol–water partition coefficient (Wildman–Crippen LogP) is 2.28. The number of hydrogen-bond donors (Lipinski definition) is 2. The minimum atomic E-state index is -2.83. The summed E-state index contributed by atoms with van der Waals surface area (Å²) in [5, 5.41) is 10.5. The van der Waals surface area contributed by atoms with Gasteiger partial charge in [-0.05, 0) is 30.7 Å². The Morgan fingerprint density at radius 3 is 2.83 bits per heavy atom. The van der Waals surface area contributed by atoms with Crippen LogP contribution in [0, 0.1) is 0 Å². The summed E-state index contributed by atoms with van der Waals surface area (Å²) in [6, 6.07) is 8.44. The first-order chi connectivity index (χ1) is 11.6. The largest absolute Gasteiger partial charge is 0.435 e. The maximum atomic E-state index is 12.3. The van der Waals surface area contributed by atoms with Crippen LogP contribution in [0.1, 0.15) is 18.2 Å². The summed E-state index contributed by atoms with van der Waals surface area (Å²) in [6.45, 7) is 0.781. The molecule has 1 heterocycles. The highest BCUT2D eigenvalue weighted by atomic mass is 19.3. The fraction of sp³-hybridized carbons (Fsp3) is 0.375. The van der Waals surface area contributed by atoms with Crippen molar-refractivity contribution in [3.8, 4) is 5.75 Å². The number of nitrogens with zero attached hydrogens (tertiary/aromatic N) is 3. The van der Waals surface area contributed by atoms with Gasteiger partial charge in [-0.15, -0.1) is 0 Å². The van der Waals surface area contributed by atoms with Crippen molar-refractivity contribution in [3.63, 3.8) is 0 Å². The second-order valence-corrected chi connectivity index (χ2v) is 5.02. The van der Waals surface area contributed by atoms with Gasteiger partial charge in [0.15, 0.2) is 5.96 Å². The number of hydrogen-bond acceptors (Lipinski definition) is 3. The number of guanidine groups is 1. The monoisotopic (exact) mass is 337 g/mol. The lowest BCUT2D eigenvalue weighted by molar-refractivity contribution is -0.0498. The highest BCUT2D eigenvalue weighted by Gasteiger charge is 2.05. The number of ether oxygens (including phenoxy) is 1. The van der Waals surface area contributed by atoms with Gasteiger partial charge in [-0.3, -0.25) is 4.68 Å². The van der Waals surface area contributed by atoms with Crippen molar-refractivity contribution in [1.29, 1.82) is 0 Å². The molecule has 0 saturated heterocycles. The van der Waals surface area contributed by atoms with E-state index in [1.165, 1.54) is 6.07 Å². The van der Waals surface area contributed by atoms with Gasteiger partial charge in [0.2, 0.25) is 0 Å². The Morgan fingerprint density at radius 2 is 2.17 bits per heavy atom. The molecule has 0 amide bonds. The molecule has 24 heavy (non-hydrogen) atoms. The average molecular weight is 337 g/mol. The number of rotatable bonds is 7. The van der Waals surface area contributed by atoms with Gasteiger partial charge in [0.25, 0.3) is 0 Å². The van der Waals surface area contributed by atoms with Gasteiger partial charge in [-0.1, -0.05) is 12.1 Å². The first-order valence-electron chi connectivity index (χ1n) is 7.61. The average Bonchev–Trinajstić information content (AvgIpc) is 2.95. The Kier molecular flexibility index (Phi) is 6.53. The molecule has 2 aromatic rings. The topological polar surface area (TPSA) is 63.5 Å². The van der Waals surface area contributed by atoms with Crippen LogP contribution in [0.15, 0.2) is 41.5 Å². The van der Waals surface area contributed by atoms with E-state index in [0.29, 0.717) is 25.6 Å². The summed E-state index contributed by atoms with van der Waals surface area (Å²) in [5.41, 5.74) is 1.80. The van der Waals surface area contributed by atoms with E-state index in [-0.39, 0.29) is 5.75 Å². The molecule has 2 rings (SSSR count). The van der Waals surface area contributed by atoms with Gasteiger partial charge >= 0.3 is 6.61 Å². The standard InChI is InChI=1S/C16H21F2N5O/c1-3-19-16(21-11-13-7-8-22-23(13)2)20-10-12-5-4-6-14(9-12)24-15(17)18/h4-9,15H,3,10-11H2,1-2H3,(H2,19,20,21). The van der Waals surface area contributed by atoms with Gasteiger partial charge in [-0.2, -0.15) is 13.9 Å². The molecule has 0 aliphatic carbocycles.